The van der Waals surface area contributed by atoms with E-state index in [4.69, 9.17) is 9.84 Å². The number of fused-ring (bicyclic) bond motifs is 5. The lowest BCUT2D eigenvalue weighted by Crippen LogP contribution is -2.66. The molecule has 2 fully saturated rings. The highest BCUT2D eigenvalue weighted by molar-refractivity contribution is 6.00. The van der Waals surface area contributed by atoms with Gasteiger partial charge in [0.15, 0.2) is 0 Å². The second kappa shape index (κ2) is 7.61. The maximum Gasteiger partial charge on any atom is 0.303 e. The van der Waals surface area contributed by atoms with Crippen LogP contribution in [0.3, 0.4) is 0 Å². The summed E-state index contributed by atoms with van der Waals surface area (Å²) in [6, 6.07) is 1.58. The molecule has 1 aromatic rings. The van der Waals surface area contributed by atoms with Crippen LogP contribution in [-0.4, -0.2) is 50.3 Å². The Bertz CT molecular complexity index is 1050. The van der Waals surface area contributed by atoms with Crippen molar-refractivity contribution in [2.75, 3.05) is 6.54 Å². The molecule has 2 aliphatic carbocycles. The molecule has 1 spiro atoms. The smallest absolute Gasteiger partial charge is 0.303 e. The Morgan fingerprint density at radius 1 is 1.21 bits per heavy atom. The minimum absolute atomic E-state index is 0.0159. The molecule has 0 bridgehead atoms. The van der Waals surface area contributed by atoms with Crippen LogP contribution in [0.1, 0.15) is 87.7 Å². The zero-order valence-corrected chi connectivity index (χ0v) is 20.7. The average molecular weight is 472 g/mol. The van der Waals surface area contributed by atoms with Crippen LogP contribution in [0.2, 0.25) is 0 Å². The Hall–Kier alpha value is -2.28. The van der Waals surface area contributed by atoms with Gasteiger partial charge in [0.2, 0.25) is 0 Å². The van der Waals surface area contributed by atoms with E-state index in [1.54, 1.807) is 11.0 Å². The molecule has 186 valence electrons. The predicted molar refractivity (Wildman–Crippen MR) is 126 cm³/mol. The highest BCUT2D eigenvalue weighted by atomic mass is 16.5. The molecule has 1 aromatic carbocycles. The molecule has 3 N–H and O–H groups in total. The van der Waals surface area contributed by atoms with Crippen molar-refractivity contribution >= 4 is 11.9 Å². The molecule has 7 heteroatoms. The molecule has 1 amide bonds. The molecular formula is C27H37NO6. The molecule has 2 heterocycles. The van der Waals surface area contributed by atoms with Crippen LogP contribution in [0.4, 0.5) is 0 Å². The highest BCUT2D eigenvalue weighted by Crippen LogP contribution is 2.67. The van der Waals surface area contributed by atoms with Crippen LogP contribution in [0.5, 0.6) is 11.5 Å². The van der Waals surface area contributed by atoms with E-state index in [0.717, 1.165) is 36.8 Å². The monoisotopic (exact) mass is 471 g/mol. The van der Waals surface area contributed by atoms with Gasteiger partial charge in [-0.05, 0) is 55.4 Å². The standard InChI is InChI=1S/C27H37NO6/c1-15-7-8-20-25(2,3)21(30)9-10-26(20,4)27(15)13-17-19(29)12-16-18(23(17)34-27)14-28(24(16)33)11-5-6-22(31)32/h12,15,20-21,29-30H,5-11,13-14H2,1-4H3,(H,31,32)/t15-,20-,21-,26-,27-/m1/s1. The molecule has 5 atom stereocenters. The van der Waals surface area contributed by atoms with E-state index < -0.39 is 11.6 Å². The summed E-state index contributed by atoms with van der Waals surface area (Å²) in [6.07, 6.45) is 4.31. The van der Waals surface area contributed by atoms with Crippen LogP contribution in [0, 0.1) is 22.7 Å². The van der Waals surface area contributed by atoms with Crippen LogP contribution in [0.15, 0.2) is 6.07 Å². The lowest BCUT2D eigenvalue weighted by Gasteiger charge is -2.64. The SMILES string of the molecule is C[C@@H]1CC[C@@H]2C(C)(C)[C@H](O)CC[C@@]2(C)[C@@]12Cc1c(O)cc3c(c1O2)CN(CCCC(=O)O)C3=O. The molecule has 4 aliphatic rings. The Kier molecular flexibility index (Phi) is 5.25. The van der Waals surface area contributed by atoms with Gasteiger partial charge in [-0.1, -0.05) is 27.7 Å². The molecule has 2 saturated carbocycles. The first-order chi connectivity index (χ1) is 15.9. The number of benzene rings is 1. The molecule has 34 heavy (non-hydrogen) atoms. The maximum absolute atomic E-state index is 13.1. The number of phenols is 1. The van der Waals surface area contributed by atoms with E-state index in [2.05, 4.69) is 27.7 Å². The number of ether oxygens (including phenoxy) is 1. The van der Waals surface area contributed by atoms with Crippen LogP contribution in [0.25, 0.3) is 0 Å². The van der Waals surface area contributed by atoms with E-state index in [1.165, 1.54) is 0 Å². The number of hydrogen-bond acceptors (Lipinski definition) is 5. The topological polar surface area (TPSA) is 107 Å². The van der Waals surface area contributed by atoms with Crippen molar-refractivity contribution in [1.82, 2.24) is 4.90 Å². The molecular weight excluding hydrogens is 434 g/mol. The van der Waals surface area contributed by atoms with Crippen molar-refractivity contribution in [3.05, 3.63) is 22.8 Å². The predicted octanol–water partition coefficient (Wildman–Crippen LogP) is 4.12. The fourth-order valence-electron chi connectivity index (χ4n) is 7.93. The number of aliphatic hydroxyl groups is 1. The number of carbonyl (C=O) groups excluding carboxylic acids is 1. The molecule has 5 rings (SSSR count). The summed E-state index contributed by atoms with van der Waals surface area (Å²) >= 11 is 0. The van der Waals surface area contributed by atoms with Gasteiger partial charge in [-0.2, -0.15) is 0 Å². The van der Waals surface area contributed by atoms with Gasteiger partial charge in [0, 0.05) is 35.9 Å². The van der Waals surface area contributed by atoms with Gasteiger partial charge in [0.1, 0.15) is 17.1 Å². The number of aliphatic carboxylic acids is 1. The van der Waals surface area contributed by atoms with Gasteiger partial charge in [-0.15, -0.1) is 0 Å². The van der Waals surface area contributed by atoms with Crippen molar-refractivity contribution in [3.63, 3.8) is 0 Å². The summed E-state index contributed by atoms with van der Waals surface area (Å²) in [7, 11) is 0. The van der Waals surface area contributed by atoms with E-state index in [9.17, 15) is 19.8 Å². The lowest BCUT2D eigenvalue weighted by atomic mass is 9.43. The van der Waals surface area contributed by atoms with Crippen molar-refractivity contribution in [1.29, 1.82) is 0 Å². The van der Waals surface area contributed by atoms with Crippen LogP contribution in [-0.2, 0) is 17.8 Å². The number of hydrogen-bond donors (Lipinski definition) is 3. The number of carboxylic acids is 1. The lowest BCUT2D eigenvalue weighted by molar-refractivity contribution is -0.210. The van der Waals surface area contributed by atoms with Gasteiger partial charge in [-0.25, -0.2) is 0 Å². The van der Waals surface area contributed by atoms with Crippen molar-refractivity contribution in [2.24, 2.45) is 22.7 Å². The fraction of sp³-hybridized carbons (Fsp3) is 0.704. The molecule has 7 nitrogen and oxygen atoms in total. The summed E-state index contributed by atoms with van der Waals surface area (Å²) < 4.78 is 7.00. The molecule has 2 aliphatic heterocycles. The second-order valence-corrected chi connectivity index (χ2v) is 11.9. The van der Waals surface area contributed by atoms with Gasteiger partial charge in [-0.3, -0.25) is 9.59 Å². The van der Waals surface area contributed by atoms with Gasteiger partial charge in [0.05, 0.1) is 18.2 Å². The third-order valence-electron chi connectivity index (χ3n) is 9.99. The van der Waals surface area contributed by atoms with E-state index >= 15 is 0 Å². The zero-order chi connectivity index (χ0) is 24.6. The first-order valence-electron chi connectivity index (χ1n) is 12.7. The minimum atomic E-state index is -0.873. The number of carbonyl (C=O) groups is 2. The van der Waals surface area contributed by atoms with Crippen LogP contribution >= 0.6 is 0 Å². The summed E-state index contributed by atoms with van der Waals surface area (Å²) in [5.41, 5.74) is 1.18. The second-order valence-electron chi connectivity index (χ2n) is 11.9. The zero-order valence-electron chi connectivity index (χ0n) is 20.7. The van der Waals surface area contributed by atoms with Crippen molar-refractivity contribution in [3.8, 4) is 11.5 Å². The normalized spacial score (nSPS) is 35.6. The van der Waals surface area contributed by atoms with Crippen molar-refractivity contribution in [2.45, 2.75) is 90.9 Å². The van der Waals surface area contributed by atoms with E-state index in [-0.39, 0.29) is 40.9 Å². The Balaban J connectivity index is 1.52. The number of nitrogens with zero attached hydrogens (tertiary/aromatic N) is 1. The minimum Gasteiger partial charge on any atom is -0.508 e. The van der Waals surface area contributed by atoms with Crippen LogP contribution < -0.4 is 4.74 Å². The fourth-order valence-corrected chi connectivity index (χ4v) is 7.93. The number of rotatable bonds is 4. The Labute approximate surface area is 201 Å². The summed E-state index contributed by atoms with van der Waals surface area (Å²) in [5, 5.41) is 30.8. The molecule has 0 aromatic heterocycles. The number of amides is 1. The average Bonchev–Trinajstić information content (AvgIpc) is 3.31. The largest absolute Gasteiger partial charge is 0.508 e. The first kappa shape index (κ1) is 23.5. The maximum atomic E-state index is 13.1. The van der Waals surface area contributed by atoms with Crippen molar-refractivity contribution < 1.29 is 29.6 Å². The number of carboxylic acid groups (broad SMARTS) is 1. The Morgan fingerprint density at radius 2 is 1.94 bits per heavy atom. The number of aromatic hydroxyl groups is 1. The highest BCUT2D eigenvalue weighted by Gasteiger charge is 2.67. The molecule has 0 saturated heterocycles. The Morgan fingerprint density at radius 3 is 2.65 bits per heavy atom. The van der Waals surface area contributed by atoms with E-state index in [0.29, 0.717) is 43.2 Å². The summed E-state index contributed by atoms with van der Waals surface area (Å²) in [5.74, 6) is 0.277. The first-order valence-corrected chi connectivity index (χ1v) is 12.7. The third kappa shape index (κ3) is 3.05. The quantitative estimate of drug-likeness (QED) is 0.610. The molecule has 0 unspecified atom stereocenters. The van der Waals surface area contributed by atoms with Gasteiger partial charge < -0.3 is 25.0 Å². The third-order valence-corrected chi connectivity index (χ3v) is 9.99. The summed E-state index contributed by atoms with van der Waals surface area (Å²) in [4.78, 5) is 25.6. The van der Waals surface area contributed by atoms with Gasteiger partial charge in [0.25, 0.3) is 5.91 Å². The van der Waals surface area contributed by atoms with E-state index in [1.807, 2.05) is 0 Å². The van der Waals surface area contributed by atoms with Gasteiger partial charge >= 0.3 is 5.97 Å². The molecule has 0 radical (unpaired) electrons. The number of aliphatic hydroxyl groups excluding tert-OH is 1. The summed E-state index contributed by atoms with van der Waals surface area (Å²) in [6.45, 7) is 9.65. The number of phenolic OH excluding ortho intramolecular Hbond substituents is 1.